The van der Waals surface area contributed by atoms with E-state index in [9.17, 15) is 0 Å². The highest BCUT2D eigenvalue weighted by Gasteiger charge is 2.23. The van der Waals surface area contributed by atoms with Crippen molar-refractivity contribution in [3.63, 3.8) is 0 Å². The van der Waals surface area contributed by atoms with Gasteiger partial charge in [-0.1, -0.05) is 0 Å². The van der Waals surface area contributed by atoms with Gasteiger partial charge in [0, 0.05) is 31.9 Å². The average molecular weight is 194 g/mol. The fraction of sp³-hybridized carbons (Fsp3) is 0.700. The van der Waals surface area contributed by atoms with E-state index in [0.29, 0.717) is 5.92 Å². The van der Waals surface area contributed by atoms with Crippen molar-refractivity contribution in [2.45, 2.75) is 13.3 Å². The SMILES string of the molecule is Cc1cc(N2CCC(CN)C2)nn1C. The van der Waals surface area contributed by atoms with Crippen molar-refractivity contribution in [2.24, 2.45) is 18.7 Å². The molecule has 1 unspecified atom stereocenters. The molecule has 14 heavy (non-hydrogen) atoms. The Balaban J connectivity index is 2.09. The summed E-state index contributed by atoms with van der Waals surface area (Å²) in [6.45, 7) is 5.03. The maximum atomic E-state index is 5.66. The van der Waals surface area contributed by atoms with E-state index in [1.54, 1.807) is 0 Å². The molecule has 2 heterocycles. The van der Waals surface area contributed by atoms with E-state index < -0.39 is 0 Å². The maximum Gasteiger partial charge on any atom is 0.150 e. The number of nitrogens with two attached hydrogens (primary N) is 1. The molecule has 1 aromatic rings. The molecule has 2 N–H and O–H groups in total. The highest BCUT2D eigenvalue weighted by atomic mass is 15.3. The van der Waals surface area contributed by atoms with Gasteiger partial charge in [-0.3, -0.25) is 4.68 Å². The Kier molecular flexibility index (Phi) is 2.46. The Bertz CT molecular complexity index is 298. The molecule has 0 aliphatic carbocycles. The lowest BCUT2D eigenvalue weighted by Crippen LogP contribution is -2.23. The zero-order chi connectivity index (χ0) is 10.1. The number of hydrogen-bond acceptors (Lipinski definition) is 3. The van der Waals surface area contributed by atoms with Gasteiger partial charge in [-0.05, 0) is 25.8 Å². The lowest BCUT2D eigenvalue weighted by Gasteiger charge is -2.14. The van der Waals surface area contributed by atoms with Crippen LogP contribution in [0.25, 0.3) is 0 Å². The van der Waals surface area contributed by atoms with Gasteiger partial charge in [0.25, 0.3) is 0 Å². The summed E-state index contributed by atoms with van der Waals surface area (Å²) in [7, 11) is 1.98. The summed E-state index contributed by atoms with van der Waals surface area (Å²) in [5.41, 5.74) is 6.86. The van der Waals surface area contributed by atoms with Crippen LogP contribution in [0, 0.1) is 12.8 Å². The molecular formula is C10H18N4. The second kappa shape index (κ2) is 3.61. The minimum absolute atomic E-state index is 0.650. The summed E-state index contributed by atoms with van der Waals surface area (Å²) in [5, 5.41) is 4.46. The van der Waals surface area contributed by atoms with Crippen LogP contribution in [0.2, 0.25) is 0 Å². The zero-order valence-corrected chi connectivity index (χ0v) is 8.90. The Hall–Kier alpha value is -1.03. The van der Waals surface area contributed by atoms with Crippen molar-refractivity contribution in [1.82, 2.24) is 9.78 Å². The van der Waals surface area contributed by atoms with Gasteiger partial charge in [0.05, 0.1) is 0 Å². The van der Waals surface area contributed by atoms with Crippen LogP contribution in [0.1, 0.15) is 12.1 Å². The van der Waals surface area contributed by atoms with E-state index >= 15 is 0 Å². The number of aryl methyl sites for hydroxylation is 2. The number of nitrogens with zero attached hydrogens (tertiary/aromatic N) is 3. The summed E-state index contributed by atoms with van der Waals surface area (Å²) in [5.74, 6) is 1.75. The number of anilines is 1. The molecule has 1 atom stereocenters. The minimum Gasteiger partial charge on any atom is -0.355 e. The molecule has 1 fully saturated rings. The van der Waals surface area contributed by atoms with Gasteiger partial charge >= 0.3 is 0 Å². The summed E-state index contributed by atoms with van der Waals surface area (Å²) >= 11 is 0. The van der Waals surface area contributed by atoms with Gasteiger partial charge in [-0.25, -0.2) is 0 Å². The first kappa shape index (κ1) is 9.52. The van der Waals surface area contributed by atoms with Gasteiger partial charge in [0.15, 0.2) is 5.82 Å². The Morgan fingerprint density at radius 3 is 2.93 bits per heavy atom. The van der Waals surface area contributed by atoms with Crippen LogP contribution in [0.3, 0.4) is 0 Å². The molecule has 0 saturated carbocycles. The van der Waals surface area contributed by atoms with Crippen LogP contribution in [0.15, 0.2) is 6.07 Å². The second-order valence-electron chi connectivity index (χ2n) is 4.10. The topological polar surface area (TPSA) is 47.1 Å². The van der Waals surface area contributed by atoms with Crippen LogP contribution in [0.5, 0.6) is 0 Å². The zero-order valence-electron chi connectivity index (χ0n) is 8.90. The van der Waals surface area contributed by atoms with E-state index in [1.807, 2.05) is 11.7 Å². The largest absolute Gasteiger partial charge is 0.355 e. The Labute approximate surface area is 84.7 Å². The highest BCUT2D eigenvalue weighted by Crippen LogP contribution is 2.22. The van der Waals surface area contributed by atoms with E-state index in [-0.39, 0.29) is 0 Å². The predicted octanol–water partition coefficient (Wildman–Crippen LogP) is 0.514. The molecular weight excluding hydrogens is 176 g/mol. The lowest BCUT2D eigenvalue weighted by atomic mass is 10.1. The maximum absolute atomic E-state index is 5.66. The summed E-state index contributed by atoms with van der Waals surface area (Å²) < 4.78 is 1.92. The molecule has 0 spiro atoms. The normalized spacial score (nSPS) is 21.9. The molecule has 1 saturated heterocycles. The fourth-order valence-electron chi connectivity index (χ4n) is 1.93. The van der Waals surface area contributed by atoms with Gasteiger partial charge in [-0.2, -0.15) is 5.10 Å². The molecule has 0 aromatic carbocycles. The van der Waals surface area contributed by atoms with E-state index in [4.69, 9.17) is 5.73 Å². The molecule has 0 radical (unpaired) electrons. The first-order valence-electron chi connectivity index (χ1n) is 5.16. The third-order valence-corrected chi connectivity index (χ3v) is 3.04. The monoisotopic (exact) mass is 194 g/mol. The standard InChI is InChI=1S/C10H18N4/c1-8-5-10(12-13(8)2)14-4-3-9(6-11)7-14/h5,9H,3-4,6-7,11H2,1-2H3. The molecule has 0 amide bonds. The predicted molar refractivity (Wildman–Crippen MR) is 57.3 cm³/mol. The van der Waals surface area contributed by atoms with E-state index in [0.717, 1.165) is 25.5 Å². The summed E-state index contributed by atoms with van der Waals surface area (Å²) in [6, 6.07) is 2.14. The van der Waals surface area contributed by atoms with Crippen molar-refractivity contribution in [3.8, 4) is 0 Å². The summed E-state index contributed by atoms with van der Waals surface area (Å²) in [4.78, 5) is 2.32. The number of aromatic nitrogens is 2. The third-order valence-electron chi connectivity index (χ3n) is 3.04. The van der Waals surface area contributed by atoms with Crippen molar-refractivity contribution in [2.75, 3.05) is 24.5 Å². The number of rotatable bonds is 2. The second-order valence-corrected chi connectivity index (χ2v) is 4.10. The van der Waals surface area contributed by atoms with Crippen LogP contribution in [-0.2, 0) is 7.05 Å². The third kappa shape index (κ3) is 1.62. The minimum atomic E-state index is 0.650. The molecule has 4 heteroatoms. The van der Waals surface area contributed by atoms with Crippen molar-refractivity contribution >= 4 is 5.82 Å². The van der Waals surface area contributed by atoms with Crippen molar-refractivity contribution < 1.29 is 0 Å². The van der Waals surface area contributed by atoms with Crippen LogP contribution in [-0.4, -0.2) is 29.4 Å². The van der Waals surface area contributed by atoms with E-state index in [1.165, 1.54) is 12.1 Å². The molecule has 2 rings (SSSR count). The smallest absolute Gasteiger partial charge is 0.150 e. The Morgan fingerprint density at radius 2 is 2.43 bits per heavy atom. The molecule has 1 aliphatic rings. The average Bonchev–Trinajstić information content (AvgIpc) is 2.74. The van der Waals surface area contributed by atoms with Crippen LogP contribution < -0.4 is 10.6 Å². The first-order valence-corrected chi connectivity index (χ1v) is 5.16. The quantitative estimate of drug-likeness (QED) is 0.746. The molecule has 0 bridgehead atoms. The highest BCUT2D eigenvalue weighted by molar-refractivity contribution is 5.40. The molecule has 4 nitrogen and oxygen atoms in total. The lowest BCUT2D eigenvalue weighted by molar-refractivity contribution is 0.602. The Morgan fingerprint density at radius 1 is 1.64 bits per heavy atom. The van der Waals surface area contributed by atoms with E-state index in [2.05, 4.69) is 23.0 Å². The summed E-state index contributed by atoms with van der Waals surface area (Å²) in [6.07, 6.45) is 1.20. The van der Waals surface area contributed by atoms with Gasteiger partial charge in [-0.15, -0.1) is 0 Å². The van der Waals surface area contributed by atoms with Gasteiger partial charge < -0.3 is 10.6 Å². The van der Waals surface area contributed by atoms with Crippen molar-refractivity contribution in [1.29, 1.82) is 0 Å². The molecule has 1 aliphatic heterocycles. The van der Waals surface area contributed by atoms with Crippen LogP contribution in [0.4, 0.5) is 5.82 Å². The van der Waals surface area contributed by atoms with Gasteiger partial charge in [0.1, 0.15) is 0 Å². The molecule has 1 aromatic heterocycles. The van der Waals surface area contributed by atoms with Crippen molar-refractivity contribution in [3.05, 3.63) is 11.8 Å². The number of hydrogen-bond donors (Lipinski definition) is 1. The van der Waals surface area contributed by atoms with Gasteiger partial charge in [0.2, 0.25) is 0 Å². The van der Waals surface area contributed by atoms with Crippen LogP contribution >= 0.6 is 0 Å². The molecule has 78 valence electrons. The fourth-order valence-corrected chi connectivity index (χ4v) is 1.93. The first-order chi connectivity index (χ1) is 6.70.